The lowest BCUT2D eigenvalue weighted by Gasteiger charge is -2.03. The van der Waals surface area contributed by atoms with Crippen LogP contribution < -0.4 is 5.56 Å². The maximum absolute atomic E-state index is 12.0. The number of aromatic amines is 1. The van der Waals surface area contributed by atoms with Crippen molar-refractivity contribution in [2.75, 3.05) is 6.61 Å². The molecule has 2 rings (SSSR count). The van der Waals surface area contributed by atoms with Crippen LogP contribution in [0.5, 0.6) is 0 Å². The van der Waals surface area contributed by atoms with E-state index in [1.807, 2.05) is 19.2 Å². The quantitative estimate of drug-likeness (QED) is 0.871. The Morgan fingerprint density at radius 3 is 2.95 bits per heavy atom. The summed E-state index contributed by atoms with van der Waals surface area (Å²) in [6, 6.07) is 0. The van der Waals surface area contributed by atoms with Gasteiger partial charge in [-0.1, -0.05) is 13.8 Å². The first-order chi connectivity index (χ1) is 8.99. The fourth-order valence-electron chi connectivity index (χ4n) is 1.74. The fraction of sp³-hybridized carbons (Fsp3) is 0.417. The molecule has 6 nitrogen and oxygen atoms in total. The standard InChI is InChI=1S/C12H14N2O4S/c1-6(2)7-5-19-12-10(7)11(17)13-8(14-12)3-18-4-9(15)16/h5-6H,3-4H2,1-2H3,(H,15,16)(H,13,14,17). The summed E-state index contributed by atoms with van der Waals surface area (Å²) in [5.74, 6) is -0.455. The number of aliphatic carboxylic acids is 1. The van der Waals surface area contributed by atoms with E-state index in [0.717, 1.165) is 5.56 Å². The average Bonchev–Trinajstić information content (AvgIpc) is 2.72. The molecular weight excluding hydrogens is 268 g/mol. The monoisotopic (exact) mass is 282 g/mol. The predicted octanol–water partition coefficient (Wildman–Crippen LogP) is 1.71. The summed E-state index contributed by atoms with van der Waals surface area (Å²) in [5, 5.41) is 11.0. The van der Waals surface area contributed by atoms with Gasteiger partial charge in [-0.05, 0) is 16.9 Å². The van der Waals surface area contributed by atoms with Crippen LogP contribution >= 0.6 is 11.3 Å². The molecule has 0 aliphatic rings. The van der Waals surface area contributed by atoms with Gasteiger partial charge in [0.2, 0.25) is 0 Å². The minimum Gasteiger partial charge on any atom is -0.480 e. The summed E-state index contributed by atoms with van der Waals surface area (Å²) in [5.41, 5.74) is 0.774. The third-order valence-corrected chi connectivity index (χ3v) is 3.50. The molecule has 0 amide bonds. The molecule has 0 atom stereocenters. The number of carboxylic acids is 1. The first-order valence-electron chi connectivity index (χ1n) is 5.79. The van der Waals surface area contributed by atoms with Gasteiger partial charge < -0.3 is 14.8 Å². The number of rotatable bonds is 5. The molecule has 0 unspecified atom stereocenters. The molecule has 0 saturated carbocycles. The highest BCUT2D eigenvalue weighted by atomic mass is 32.1. The van der Waals surface area contributed by atoms with Crippen molar-refractivity contribution >= 4 is 27.5 Å². The Morgan fingerprint density at radius 2 is 2.32 bits per heavy atom. The topological polar surface area (TPSA) is 92.3 Å². The predicted molar refractivity (Wildman–Crippen MR) is 71.6 cm³/mol. The first kappa shape index (κ1) is 13.7. The molecule has 19 heavy (non-hydrogen) atoms. The Kier molecular flexibility index (Phi) is 3.96. The van der Waals surface area contributed by atoms with Crippen molar-refractivity contribution in [3.8, 4) is 0 Å². The van der Waals surface area contributed by atoms with E-state index in [0.29, 0.717) is 16.0 Å². The highest BCUT2D eigenvalue weighted by Crippen LogP contribution is 2.27. The molecule has 2 aromatic rings. The van der Waals surface area contributed by atoms with Crippen LogP contribution in [0, 0.1) is 0 Å². The van der Waals surface area contributed by atoms with Gasteiger partial charge in [0.05, 0.1) is 5.39 Å². The number of nitrogens with one attached hydrogen (secondary N) is 1. The lowest BCUT2D eigenvalue weighted by atomic mass is 10.0. The van der Waals surface area contributed by atoms with E-state index < -0.39 is 12.6 Å². The minimum absolute atomic E-state index is 0.0214. The SMILES string of the molecule is CC(C)c1csc2nc(COCC(=O)O)[nH]c(=O)c12. The van der Waals surface area contributed by atoms with Gasteiger partial charge in [0.1, 0.15) is 23.9 Å². The van der Waals surface area contributed by atoms with Crippen LogP contribution in [-0.2, 0) is 16.1 Å². The van der Waals surface area contributed by atoms with Crippen LogP contribution in [0.3, 0.4) is 0 Å². The van der Waals surface area contributed by atoms with Gasteiger partial charge in [-0.3, -0.25) is 4.79 Å². The lowest BCUT2D eigenvalue weighted by Crippen LogP contribution is -2.14. The normalized spacial score (nSPS) is 11.3. The van der Waals surface area contributed by atoms with Crippen molar-refractivity contribution in [3.05, 3.63) is 27.1 Å². The van der Waals surface area contributed by atoms with Gasteiger partial charge in [-0.25, -0.2) is 9.78 Å². The smallest absolute Gasteiger partial charge is 0.329 e. The van der Waals surface area contributed by atoms with Crippen LogP contribution in [0.1, 0.15) is 31.2 Å². The third-order valence-electron chi connectivity index (χ3n) is 2.61. The van der Waals surface area contributed by atoms with Crippen molar-refractivity contribution in [2.45, 2.75) is 26.4 Å². The minimum atomic E-state index is -1.05. The van der Waals surface area contributed by atoms with Crippen LogP contribution in [0.25, 0.3) is 10.2 Å². The van der Waals surface area contributed by atoms with Crippen molar-refractivity contribution < 1.29 is 14.6 Å². The summed E-state index contributed by atoms with van der Waals surface area (Å²) < 4.78 is 4.91. The Morgan fingerprint density at radius 1 is 1.58 bits per heavy atom. The number of hydrogen-bond acceptors (Lipinski definition) is 5. The Hall–Kier alpha value is -1.73. The van der Waals surface area contributed by atoms with E-state index in [1.165, 1.54) is 11.3 Å². The van der Waals surface area contributed by atoms with Crippen molar-refractivity contribution in [3.63, 3.8) is 0 Å². The summed E-state index contributed by atoms with van der Waals surface area (Å²) in [6.07, 6.45) is 0. The number of fused-ring (bicyclic) bond motifs is 1. The Balaban J connectivity index is 2.30. The molecule has 102 valence electrons. The van der Waals surface area contributed by atoms with E-state index in [-0.39, 0.29) is 18.1 Å². The zero-order valence-electron chi connectivity index (χ0n) is 10.6. The zero-order valence-corrected chi connectivity index (χ0v) is 11.4. The number of aromatic nitrogens is 2. The van der Waals surface area contributed by atoms with Crippen LogP contribution in [0.2, 0.25) is 0 Å². The molecule has 0 spiro atoms. The highest BCUT2D eigenvalue weighted by molar-refractivity contribution is 7.16. The number of thiophene rings is 1. The lowest BCUT2D eigenvalue weighted by molar-refractivity contribution is -0.142. The third kappa shape index (κ3) is 2.99. The van der Waals surface area contributed by atoms with E-state index in [2.05, 4.69) is 9.97 Å². The van der Waals surface area contributed by atoms with Gasteiger partial charge in [0.15, 0.2) is 0 Å². The van der Waals surface area contributed by atoms with Crippen molar-refractivity contribution in [2.24, 2.45) is 0 Å². The molecule has 0 aromatic carbocycles. The molecule has 2 aromatic heterocycles. The first-order valence-corrected chi connectivity index (χ1v) is 6.67. The Bertz CT molecular complexity index is 659. The van der Waals surface area contributed by atoms with E-state index >= 15 is 0 Å². The summed E-state index contributed by atoms with van der Waals surface area (Å²) >= 11 is 1.41. The van der Waals surface area contributed by atoms with Crippen LogP contribution in [0.4, 0.5) is 0 Å². The molecule has 0 radical (unpaired) electrons. The molecule has 0 aliphatic heterocycles. The molecule has 2 N–H and O–H groups in total. The summed E-state index contributed by atoms with van der Waals surface area (Å²) in [4.78, 5) is 29.9. The maximum atomic E-state index is 12.0. The number of H-pyrrole nitrogens is 1. The van der Waals surface area contributed by atoms with E-state index in [1.54, 1.807) is 0 Å². The average molecular weight is 282 g/mol. The molecule has 7 heteroatoms. The van der Waals surface area contributed by atoms with Crippen LogP contribution in [0.15, 0.2) is 10.2 Å². The fourth-order valence-corrected chi connectivity index (χ4v) is 2.86. The highest BCUT2D eigenvalue weighted by Gasteiger charge is 2.13. The molecule has 2 heterocycles. The zero-order chi connectivity index (χ0) is 14.0. The molecule has 0 fully saturated rings. The summed E-state index contributed by atoms with van der Waals surface area (Å²) in [6.45, 7) is 3.60. The number of ether oxygens (including phenoxy) is 1. The summed E-state index contributed by atoms with van der Waals surface area (Å²) in [7, 11) is 0. The van der Waals surface area contributed by atoms with E-state index in [9.17, 15) is 9.59 Å². The second-order valence-corrected chi connectivity index (χ2v) is 5.28. The number of carbonyl (C=O) groups is 1. The molecular formula is C12H14N2O4S. The number of carboxylic acid groups (broad SMARTS) is 1. The van der Waals surface area contributed by atoms with Crippen molar-refractivity contribution in [1.82, 2.24) is 9.97 Å². The van der Waals surface area contributed by atoms with Gasteiger partial charge in [-0.15, -0.1) is 11.3 Å². The van der Waals surface area contributed by atoms with Gasteiger partial charge in [0.25, 0.3) is 5.56 Å². The van der Waals surface area contributed by atoms with Gasteiger partial charge in [0, 0.05) is 0 Å². The molecule has 0 aliphatic carbocycles. The largest absolute Gasteiger partial charge is 0.480 e. The van der Waals surface area contributed by atoms with E-state index in [4.69, 9.17) is 9.84 Å². The van der Waals surface area contributed by atoms with Gasteiger partial charge >= 0.3 is 5.97 Å². The molecule has 0 bridgehead atoms. The maximum Gasteiger partial charge on any atom is 0.329 e. The number of hydrogen-bond donors (Lipinski definition) is 2. The second-order valence-electron chi connectivity index (χ2n) is 4.43. The second kappa shape index (κ2) is 5.50. The Labute approximate surface area is 113 Å². The van der Waals surface area contributed by atoms with Crippen LogP contribution in [-0.4, -0.2) is 27.7 Å². The van der Waals surface area contributed by atoms with Gasteiger partial charge in [-0.2, -0.15) is 0 Å². The van der Waals surface area contributed by atoms with Crippen molar-refractivity contribution in [1.29, 1.82) is 0 Å². The molecule has 0 saturated heterocycles. The number of nitrogens with zero attached hydrogens (tertiary/aromatic N) is 1.